The maximum atomic E-state index is 12.7. The van der Waals surface area contributed by atoms with Gasteiger partial charge in [-0.2, -0.15) is 13.2 Å². The Morgan fingerprint density at radius 2 is 2.05 bits per heavy atom. The highest BCUT2D eigenvalue weighted by molar-refractivity contribution is 6.31. The van der Waals surface area contributed by atoms with E-state index in [1.807, 2.05) is 0 Å². The van der Waals surface area contributed by atoms with Gasteiger partial charge in [0.1, 0.15) is 5.76 Å². The molecule has 0 saturated heterocycles. The molecule has 0 unspecified atom stereocenters. The summed E-state index contributed by atoms with van der Waals surface area (Å²) < 4.78 is 43.1. The van der Waals surface area contributed by atoms with E-state index in [0.717, 1.165) is 12.1 Å². The molecule has 1 aromatic heterocycles. The van der Waals surface area contributed by atoms with Gasteiger partial charge in [-0.3, -0.25) is 4.79 Å². The van der Waals surface area contributed by atoms with Gasteiger partial charge in [0.15, 0.2) is 0 Å². The van der Waals surface area contributed by atoms with Crippen molar-refractivity contribution in [2.75, 3.05) is 11.9 Å². The van der Waals surface area contributed by atoms with Gasteiger partial charge in [0.2, 0.25) is 5.91 Å². The number of alkyl halides is 3. The van der Waals surface area contributed by atoms with Crippen molar-refractivity contribution in [1.82, 2.24) is 5.32 Å². The van der Waals surface area contributed by atoms with E-state index in [-0.39, 0.29) is 29.7 Å². The number of amides is 1. The molecule has 0 aliphatic rings. The lowest BCUT2D eigenvalue weighted by Crippen LogP contribution is -2.29. The fourth-order valence-electron chi connectivity index (χ4n) is 1.70. The van der Waals surface area contributed by atoms with Crippen molar-refractivity contribution >= 4 is 23.2 Å². The van der Waals surface area contributed by atoms with Crippen molar-refractivity contribution < 1.29 is 22.4 Å². The van der Waals surface area contributed by atoms with Crippen LogP contribution in [0, 0.1) is 0 Å². The van der Waals surface area contributed by atoms with Crippen LogP contribution in [0.1, 0.15) is 11.3 Å². The molecule has 2 N–H and O–H groups in total. The second-order valence-electron chi connectivity index (χ2n) is 4.40. The first-order chi connectivity index (χ1) is 10.4. The van der Waals surface area contributed by atoms with E-state index in [4.69, 9.17) is 16.0 Å². The van der Waals surface area contributed by atoms with E-state index in [9.17, 15) is 18.0 Å². The molecule has 0 radical (unpaired) electrons. The molecule has 2 aromatic rings. The minimum Gasteiger partial charge on any atom is -0.467 e. The Labute approximate surface area is 129 Å². The number of hydrogen-bond acceptors (Lipinski definition) is 3. The van der Waals surface area contributed by atoms with Crippen molar-refractivity contribution in [3.8, 4) is 0 Å². The van der Waals surface area contributed by atoms with E-state index in [1.54, 1.807) is 12.1 Å². The number of carbonyl (C=O) groups excluding carboxylic acids is 1. The van der Waals surface area contributed by atoms with Crippen molar-refractivity contribution in [1.29, 1.82) is 0 Å². The second-order valence-corrected chi connectivity index (χ2v) is 4.81. The van der Waals surface area contributed by atoms with Crippen molar-refractivity contribution in [3.05, 3.63) is 52.9 Å². The molecule has 8 heteroatoms. The summed E-state index contributed by atoms with van der Waals surface area (Å²) in [6.07, 6.45) is -3.07. The van der Waals surface area contributed by atoms with Gasteiger partial charge in [-0.15, -0.1) is 0 Å². The average molecular weight is 333 g/mol. The Kier molecular flexibility index (Phi) is 4.97. The highest BCUT2D eigenvalue weighted by Crippen LogP contribution is 2.36. The zero-order valence-corrected chi connectivity index (χ0v) is 12.0. The molecule has 0 spiro atoms. The van der Waals surface area contributed by atoms with Gasteiger partial charge in [-0.1, -0.05) is 11.6 Å². The third-order valence-electron chi connectivity index (χ3n) is 2.76. The Hall–Kier alpha value is -2.15. The molecule has 22 heavy (non-hydrogen) atoms. The van der Waals surface area contributed by atoms with E-state index in [1.165, 1.54) is 12.3 Å². The summed E-state index contributed by atoms with van der Waals surface area (Å²) in [6.45, 7) is 0.0432. The molecular formula is C14H12ClF3N2O2. The topological polar surface area (TPSA) is 54.3 Å². The molecule has 118 valence electrons. The van der Waals surface area contributed by atoms with Gasteiger partial charge in [0.25, 0.3) is 0 Å². The van der Waals surface area contributed by atoms with E-state index >= 15 is 0 Å². The Morgan fingerprint density at radius 3 is 2.68 bits per heavy atom. The van der Waals surface area contributed by atoms with Crippen LogP contribution in [-0.4, -0.2) is 12.5 Å². The highest BCUT2D eigenvalue weighted by Gasteiger charge is 2.33. The van der Waals surface area contributed by atoms with E-state index in [2.05, 4.69) is 10.6 Å². The van der Waals surface area contributed by atoms with E-state index < -0.39 is 11.7 Å². The van der Waals surface area contributed by atoms with Gasteiger partial charge in [0, 0.05) is 5.69 Å². The van der Waals surface area contributed by atoms with Gasteiger partial charge in [0.05, 0.1) is 29.9 Å². The van der Waals surface area contributed by atoms with Gasteiger partial charge in [-0.05, 0) is 30.3 Å². The molecule has 1 aromatic carbocycles. The van der Waals surface area contributed by atoms with Crippen molar-refractivity contribution in [2.24, 2.45) is 0 Å². The molecule has 0 aliphatic carbocycles. The fourth-order valence-corrected chi connectivity index (χ4v) is 1.92. The number of anilines is 1. The predicted octanol–water partition coefficient (Wildman–Crippen LogP) is 3.68. The number of halogens is 4. The maximum Gasteiger partial charge on any atom is 0.417 e. The minimum atomic E-state index is -4.55. The van der Waals surface area contributed by atoms with Crippen LogP contribution in [0.15, 0.2) is 41.0 Å². The average Bonchev–Trinajstić information content (AvgIpc) is 2.96. The number of nitrogens with one attached hydrogen (secondary N) is 2. The summed E-state index contributed by atoms with van der Waals surface area (Å²) in [6, 6.07) is 6.75. The van der Waals surface area contributed by atoms with Gasteiger partial charge in [-0.25, -0.2) is 0 Å². The summed E-state index contributed by atoms with van der Waals surface area (Å²) in [7, 11) is 0. The molecule has 1 amide bonds. The summed E-state index contributed by atoms with van der Waals surface area (Å²) in [5, 5.41) is 4.79. The summed E-state index contributed by atoms with van der Waals surface area (Å²) >= 11 is 5.51. The number of hydrogen-bond donors (Lipinski definition) is 2. The molecule has 0 bridgehead atoms. The lowest BCUT2D eigenvalue weighted by Gasteiger charge is -2.12. The third kappa shape index (κ3) is 4.42. The number of furan rings is 1. The van der Waals surface area contributed by atoms with Crippen LogP contribution >= 0.6 is 11.6 Å². The third-order valence-corrected chi connectivity index (χ3v) is 3.09. The minimum absolute atomic E-state index is 0.157. The van der Waals surface area contributed by atoms with Crippen molar-refractivity contribution in [2.45, 2.75) is 12.7 Å². The molecule has 2 rings (SSSR count). The zero-order chi connectivity index (χ0) is 16.2. The second kappa shape index (κ2) is 6.74. The molecule has 0 aliphatic heterocycles. The first-order valence-corrected chi connectivity index (χ1v) is 6.64. The quantitative estimate of drug-likeness (QED) is 0.878. The molecule has 0 atom stereocenters. The van der Waals surface area contributed by atoms with Gasteiger partial charge >= 0.3 is 6.18 Å². The number of rotatable bonds is 5. The fraction of sp³-hybridized carbons (Fsp3) is 0.214. The molecule has 1 heterocycles. The van der Waals surface area contributed by atoms with Crippen LogP contribution in [0.25, 0.3) is 0 Å². The zero-order valence-electron chi connectivity index (χ0n) is 11.2. The Bertz CT molecular complexity index is 642. The molecule has 4 nitrogen and oxygen atoms in total. The van der Waals surface area contributed by atoms with Gasteiger partial charge < -0.3 is 15.1 Å². The Morgan fingerprint density at radius 1 is 1.27 bits per heavy atom. The molecule has 0 fully saturated rings. The number of benzene rings is 1. The largest absolute Gasteiger partial charge is 0.467 e. The van der Waals surface area contributed by atoms with Crippen LogP contribution in [0.2, 0.25) is 5.02 Å². The lowest BCUT2D eigenvalue weighted by atomic mass is 10.2. The molecule has 0 saturated carbocycles. The standard InChI is InChI=1S/C14H12ClF3N2O2/c15-12-4-3-9(6-11(12)14(16,17)18)19-8-13(21)20-7-10-2-1-5-22-10/h1-6,19H,7-8H2,(H,20,21). The van der Waals surface area contributed by atoms with Crippen LogP contribution < -0.4 is 10.6 Å². The smallest absolute Gasteiger partial charge is 0.417 e. The monoisotopic (exact) mass is 332 g/mol. The lowest BCUT2D eigenvalue weighted by molar-refractivity contribution is -0.137. The van der Waals surface area contributed by atoms with Crippen LogP contribution in [-0.2, 0) is 17.5 Å². The number of carbonyl (C=O) groups is 1. The highest BCUT2D eigenvalue weighted by atomic mass is 35.5. The van der Waals surface area contributed by atoms with Crippen molar-refractivity contribution in [3.63, 3.8) is 0 Å². The normalized spacial score (nSPS) is 11.3. The maximum absolute atomic E-state index is 12.7. The van der Waals surface area contributed by atoms with E-state index in [0.29, 0.717) is 5.76 Å². The van der Waals surface area contributed by atoms with Crippen LogP contribution in [0.5, 0.6) is 0 Å². The summed E-state index contributed by atoms with van der Waals surface area (Å²) in [5.41, 5.74) is -0.792. The van der Waals surface area contributed by atoms with Crippen LogP contribution in [0.4, 0.5) is 18.9 Å². The SMILES string of the molecule is O=C(CNc1ccc(Cl)c(C(F)(F)F)c1)NCc1ccco1. The molecular weight excluding hydrogens is 321 g/mol. The van der Waals surface area contributed by atoms with Crippen LogP contribution in [0.3, 0.4) is 0 Å². The first kappa shape index (κ1) is 16.2. The summed E-state index contributed by atoms with van der Waals surface area (Å²) in [4.78, 5) is 11.6. The Balaban J connectivity index is 1.90. The first-order valence-electron chi connectivity index (χ1n) is 6.26. The predicted molar refractivity (Wildman–Crippen MR) is 75.5 cm³/mol. The summed E-state index contributed by atoms with van der Waals surface area (Å²) in [5.74, 6) is 0.208.